The Bertz CT molecular complexity index is 154. The van der Waals surface area contributed by atoms with E-state index in [1.54, 1.807) is 0 Å². The molecule has 8 heteroatoms. The summed E-state index contributed by atoms with van der Waals surface area (Å²) in [5, 5.41) is 0.462. The van der Waals surface area contributed by atoms with E-state index in [0.717, 1.165) is 19.5 Å². The first-order valence-corrected chi connectivity index (χ1v) is 4.51. The number of thiocarbonyl (C=S) groups is 2. The van der Waals surface area contributed by atoms with Gasteiger partial charge in [-0.3, -0.25) is 10.9 Å². The van der Waals surface area contributed by atoms with E-state index >= 15 is 0 Å². The Hall–Kier alpha value is -0.700. The molecule has 0 unspecified atom stereocenters. The molecular formula is C5H14N6S2. The zero-order valence-corrected chi connectivity index (χ0v) is 8.73. The van der Waals surface area contributed by atoms with Gasteiger partial charge in [-0.15, -0.1) is 0 Å². The van der Waals surface area contributed by atoms with E-state index in [-0.39, 0.29) is 10.2 Å². The van der Waals surface area contributed by atoms with Crippen molar-refractivity contribution < 1.29 is 0 Å². The van der Waals surface area contributed by atoms with Gasteiger partial charge in [0, 0.05) is 13.1 Å². The second-order valence-electron chi connectivity index (χ2n) is 2.19. The molecule has 0 atom stereocenters. The van der Waals surface area contributed by atoms with Gasteiger partial charge in [0.15, 0.2) is 10.2 Å². The third-order valence-corrected chi connectivity index (χ3v) is 1.23. The van der Waals surface area contributed by atoms with Gasteiger partial charge in [0.25, 0.3) is 0 Å². The maximum atomic E-state index is 5.17. The summed E-state index contributed by atoms with van der Waals surface area (Å²) in [5.74, 6) is 0. The monoisotopic (exact) mass is 222 g/mol. The quantitative estimate of drug-likeness (QED) is 0.175. The predicted molar refractivity (Wildman–Crippen MR) is 60.5 cm³/mol. The molecule has 8 N–H and O–H groups in total. The van der Waals surface area contributed by atoms with Crippen molar-refractivity contribution in [3.63, 3.8) is 0 Å². The van der Waals surface area contributed by atoms with Crippen molar-refractivity contribution in [2.75, 3.05) is 13.1 Å². The summed E-state index contributed by atoms with van der Waals surface area (Å²) in [6.07, 6.45) is 0.880. The number of hydrogen-bond acceptors (Lipinski definition) is 4. The van der Waals surface area contributed by atoms with Crippen LogP contribution in [0, 0.1) is 0 Å². The third-order valence-electron chi connectivity index (χ3n) is 1.03. The second-order valence-corrected chi connectivity index (χ2v) is 3.07. The zero-order chi connectivity index (χ0) is 10.1. The molecule has 0 radical (unpaired) electrons. The van der Waals surface area contributed by atoms with Gasteiger partial charge in [-0.1, -0.05) is 0 Å². The van der Waals surface area contributed by atoms with Crippen molar-refractivity contribution in [3.8, 4) is 0 Å². The molecule has 0 amide bonds. The van der Waals surface area contributed by atoms with Crippen molar-refractivity contribution in [2.24, 2.45) is 11.5 Å². The maximum Gasteiger partial charge on any atom is 0.178 e. The van der Waals surface area contributed by atoms with E-state index in [1.165, 1.54) is 0 Å². The molecule has 0 aliphatic carbocycles. The highest BCUT2D eigenvalue weighted by atomic mass is 32.1. The van der Waals surface area contributed by atoms with Crippen molar-refractivity contribution in [3.05, 3.63) is 0 Å². The van der Waals surface area contributed by atoms with Crippen LogP contribution in [-0.2, 0) is 0 Å². The average Bonchev–Trinajstić information content (AvgIpc) is 2.01. The Morgan fingerprint density at radius 3 is 1.62 bits per heavy atom. The van der Waals surface area contributed by atoms with Gasteiger partial charge in [-0.25, -0.2) is 10.9 Å². The molecule has 13 heavy (non-hydrogen) atoms. The molecule has 0 fully saturated rings. The lowest BCUT2D eigenvalue weighted by Crippen LogP contribution is -2.44. The lowest BCUT2D eigenvalue weighted by molar-refractivity contribution is 0.565. The van der Waals surface area contributed by atoms with Crippen LogP contribution in [0.3, 0.4) is 0 Å². The Kier molecular flexibility index (Phi) is 7.50. The maximum absolute atomic E-state index is 5.17. The normalized spacial score (nSPS) is 9.23. The van der Waals surface area contributed by atoms with E-state index in [1.807, 2.05) is 0 Å². The van der Waals surface area contributed by atoms with Crippen LogP contribution in [0.4, 0.5) is 0 Å². The van der Waals surface area contributed by atoms with E-state index in [9.17, 15) is 0 Å². The van der Waals surface area contributed by atoms with Crippen molar-refractivity contribution in [1.82, 2.24) is 21.7 Å². The van der Waals surface area contributed by atoms with Gasteiger partial charge in [0.1, 0.15) is 0 Å². The SMILES string of the molecule is NC(=S)NNCCCNNC(N)=S. The van der Waals surface area contributed by atoms with Crippen LogP contribution < -0.4 is 33.2 Å². The largest absolute Gasteiger partial charge is 0.375 e. The minimum Gasteiger partial charge on any atom is -0.375 e. The fourth-order valence-corrected chi connectivity index (χ4v) is 0.709. The lowest BCUT2D eigenvalue weighted by Gasteiger charge is -2.07. The molecule has 6 nitrogen and oxygen atoms in total. The summed E-state index contributed by atoms with van der Waals surface area (Å²) < 4.78 is 0. The highest BCUT2D eigenvalue weighted by Gasteiger charge is 1.88. The molecule has 0 saturated heterocycles. The summed E-state index contributed by atoms with van der Waals surface area (Å²) in [7, 11) is 0. The predicted octanol–water partition coefficient (Wildman–Crippen LogP) is -1.95. The van der Waals surface area contributed by atoms with Gasteiger partial charge in [0.05, 0.1) is 0 Å². The van der Waals surface area contributed by atoms with Gasteiger partial charge in [-0.05, 0) is 30.9 Å². The van der Waals surface area contributed by atoms with Crippen molar-refractivity contribution >= 4 is 34.7 Å². The summed E-state index contributed by atoms with van der Waals surface area (Å²) >= 11 is 9.15. The molecule has 0 aromatic heterocycles. The Balaban J connectivity index is 3.00. The molecule has 0 saturated carbocycles. The van der Waals surface area contributed by atoms with E-state index in [4.69, 9.17) is 11.5 Å². The van der Waals surface area contributed by atoms with Gasteiger partial charge in [0.2, 0.25) is 0 Å². The second kappa shape index (κ2) is 7.92. The minimum atomic E-state index is 0.231. The molecule has 0 aromatic rings. The Labute approximate surface area is 87.7 Å². The fraction of sp³-hybridized carbons (Fsp3) is 0.600. The standard InChI is InChI=1S/C5H14N6S2/c6-4(12)10-8-2-1-3-9-11-5(7)13/h8-9H,1-3H2,(H3,6,10,12)(H3,7,11,13). The van der Waals surface area contributed by atoms with E-state index in [0.29, 0.717) is 0 Å². The molecule has 0 bridgehead atoms. The van der Waals surface area contributed by atoms with Gasteiger partial charge >= 0.3 is 0 Å². The van der Waals surface area contributed by atoms with Crippen LogP contribution in [0.1, 0.15) is 6.42 Å². The molecule has 0 spiro atoms. The summed E-state index contributed by atoms with van der Waals surface area (Å²) in [5.41, 5.74) is 21.2. The molecule has 0 aromatic carbocycles. The van der Waals surface area contributed by atoms with Crippen LogP contribution in [0.25, 0.3) is 0 Å². The van der Waals surface area contributed by atoms with Crippen LogP contribution in [-0.4, -0.2) is 23.3 Å². The first-order chi connectivity index (χ1) is 6.13. The topological polar surface area (TPSA) is 100 Å². The highest BCUT2D eigenvalue weighted by Crippen LogP contribution is 1.69. The molecule has 0 rings (SSSR count). The average molecular weight is 222 g/mol. The summed E-state index contributed by atoms with van der Waals surface area (Å²) in [6.45, 7) is 1.48. The Morgan fingerprint density at radius 2 is 1.31 bits per heavy atom. The van der Waals surface area contributed by atoms with E-state index < -0.39 is 0 Å². The summed E-state index contributed by atoms with van der Waals surface area (Å²) in [6, 6.07) is 0. The number of nitrogens with two attached hydrogens (primary N) is 2. The van der Waals surface area contributed by atoms with Gasteiger partial charge in [-0.2, -0.15) is 0 Å². The van der Waals surface area contributed by atoms with Crippen LogP contribution in [0.2, 0.25) is 0 Å². The van der Waals surface area contributed by atoms with E-state index in [2.05, 4.69) is 46.1 Å². The van der Waals surface area contributed by atoms with Gasteiger partial charge < -0.3 is 11.5 Å². The zero-order valence-electron chi connectivity index (χ0n) is 7.09. The number of rotatable bonds is 6. The first kappa shape index (κ1) is 12.3. The third kappa shape index (κ3) is 11.3. The number of nitrogens with one attached hydrogen (secondary N) is 4. The minimum absolute atomic E-state index is 0.231. The summed E-state index contributed by atoms with van der Waals surface area (Å²) in [4.78, 5) is 0. The van der Waals surface area contributed by atoms with Crippen molar-refractivity contribution in [2.45, 2.75) is 6.42 Å². The molecule has 0 aliphatic heterocycles. The van der Waals surface area contributed by atoms with Crippen LogP contribution >= 0.6 is 24.4 Å². The molecule has 76 valence electrons. The van der Waals surface area contributed by atoms with Crippen molar-refractivity contribution in [1.29, 1.82) is 0 Å². The number of hydrogen-bond donors (Lipinski definition) is 6. The lowest BCUT2D eigenvalue weighted by atomic mass is 10.4. The van der Waals surface area contributed by atoms with Crippen LogP contribution in [0.15, 0.2) is 0 Å². The molecular weight excluding hydrogens is 208 g/mol. The first-order valence-electron chi connectivity index (χ1n) is 3.69. The highest BCUT2D eigenvalue weighted by molar-refractivity contribution is 7.80. The fourth-order valence-electron chi connectivity index (χ4n) is 0.564. The van der Waals surface area contributed by atoms with Crippen LogP contribution in [0.5, 0.6) is 0 Å². The smallest absolute Gasteiger partial charge is 0.178 e. The molecule has 0 heterocycles. The Morgan fingerprint density at radius 1 is 0.923 bits per heavy atom. The number of hydrazine groups is 2. The molecule has 0 aliphatic rings.